The lowest BCUT2D eigenvalue weighted by Crippen LogP contribution is -2.30. The number of carbonyl (C=O) groups is 1. The van der Waals surface area contributed by atoms with Crippen LogP contribution >= 0.6 is 0 Å². The number of carbonyl (C=O) groups excluding carboxylic acids is 1. The molecule has 5 heteroatoms. The molecule has 2 aromatic carbocycles. The number of ether oxygens (including phenoxy) is 2. The van der Waals surface area contributed by atoms with Gasteiger partial charge in [0.1, 0.15) is 5.82 Å². The molecule has 0 radical (unpaired) electrons. The van der Waals surface area contributed by atoms with Gasteiger partial charge in [-0.25, -0.2) is 4.39 Å². The minimum atomic E-state index is -0.749. The van der Waals surface area contributed by atoms with Crippen molar-refractivity contribution in [2.75, 3.05) is 11.9 Å². The molecule has 0 saturated carbocycles. The van der Waals surface area contributed by atoms with Crippen LogP contribution in [0, 0.1) is 12.7 Å². The molecule has 0 spiro atoms. The molecule has 1 atom stereocenters. The molecule has 2 aromatic rings. The lowest BCUT2D eigenvalue weighted by atomic mass is 10.2. The van der Waals surface area contributed by atoms with Crippen LogP contribution in [0.1, 0.15) is 19.4 Å². The summed E-state index contributed by atoms with van der Waals surface area (Å²) in [6.45, 7) is 5.67. The van der Waals surface area contributed by atoms with Crippen molar-refractivity contribution < 1.29 is 18.7 Å². The van der Waals surface area contributed by atoms with Gasteiger partial charge in [-0.15, -0.1) is 0 Å². The zero-order chi connectivity index (χ0) is 16.8. The van der Waals surface area contributed by atoms with Crippen molar-refractivity contribution in [3.8, 4) is 11.5 Å². The molecule has 0 aliphatic rings. The SMILES string of the molecule is CCOc1ccccc1OC(C)C(=O)Nc1ccc(C)c(F)c1. The molecule has 0 aliphatic heterocycles. The summed E-state index contributed by atoms with van der Waals surface area (Å²) >= 11 is 0. The average Bonchev–Trinajstić information content (AvgIpc) is 2.53. The number of hydrogen-bond donors (Lipinski definition) is 1. The summed E-state index contributed by atoms with van der Waals surface area (Å²) in [7, 11) is 0. The van der Waals surface area contributed by atoms with E-state index in [2.05, 4.69) is 5.32 Å². The van der Waals surface area contributed by atoms with E-state index in [-0.39, 0.29) is 11.7 Å². The highest BCUT2D eigenvalue weighted by Crippen LogP contribution is 2.27. The van der Waals surface area contributed by atoms with Gasteiger partial charge in [0.15, 0.2) is 17.6 Å². The Morgan fingerprint density at radius 1 is 1.22 bits per heavy atom. The first kappa shape index (κ1) is 16.8. The van der Waals surface area contributed by atoms with Gasteiger partial charge in [-0.2, -0.15) is 0 Å². The van der Waals surface area contributed by atoms with Crippen LogP contribution in [-0.2, 0) is 4.79 Å². The number of benzene rings is 2. The topological polar surface area (TPSA) is 47.6 Å². The highest BCUT2D eigenvalue weighted by Gasteiger charge is 2.17. The number of aryl methyl sites for hydroxylation is 1. The van der Waals surface area contributed by atoms with E-state index in [4.69, 9.17) is 9.47 Å². The van der Waals surface area contributed by atoms with Crippen LogP contribution in [0.25, 0.3) is 0 Å². The quantitative estimate of drug-likeness (QED) is 0.878. The van der Waals surface area contributed by atoms with Crippen molar-refractivity contribution >= 4 is 11.6 Å². The van der Waals surface area contributed by atoms with E-state index in [1.54, 1.807) is 44.2 Å². The molecule has 2 rings (SSSR count). The summed E-state index contributed by atoms with van der Waals surface area (Å²) in [6.07, 6.45) is -0.749. The fourth-order valence-corrected chi connectivity index (χ4v) is 1.98. The summed E-state index contributed by atoms with van der Waals surface area (Å²) < 4.78 is 24.6. The fraction of sp³-hybridized carbons (Fsp3) is 0.278. The van der Waals surface area contributed by atoms with Gasteiger partial charge >= 0.3 is 0 Å². The second-order valence-electron chi connectivity index (χ2n) is 5.09. The van der Waals surface area contributed by atoms with Gasteiger partial charge in [-0.1, -0.05) is 18.2 Å². The molecule has 1 amide bonds. The van der Waals surface area contributed by atoms with E-state index in [9.17, 15) is 9.18 Å². The van der Waals surface area contributed by atoms with Crippen molar-refractivity contribution in [2.24, 2.45) is 0 Å². The Morgan fingerprint density at radius 2 is 1.91 bits per heavy atom. The number of nitrogens with one attached hydrogen (secondary N) is 1. The Labute approximate surface area is 135 Å². The maximum absolute atomic E-state index is 13.5. The maximum Gasteiger partial charge on any atom is 0.265 e. The van der Waals surface area contributed by atoms with Crippen LogP contribution in [0.3, 0.4) is 0 Å². The summed E-state index contributed by atoms with van der Waals surface area (Å²) in [4.78, 5) is 12.2. The van der Waals surface area contributed by atoms with E-state index in [1.807, 2.05) is 13.0 Å². The number of rotatable bonds is 6. The third-order valence-corrected chi connectivity index (χ3v) is 3.26. The highest BCUT2D eigenvalue weighted by atomic mass is 19.1. The fourth-order valence-electron chi connectivity index (χ4n) is 1.98. The average molecular weight is 317 g/mol. The molecular weight excluding hydrogens is 297 g/mol. The van der Waals surface area contributed by atoms with E-state index in [0.717, 1.165) is 0 Å². The Balaban J connectivity index is 2.04. The molecule has 1 N–H and O–H groups in total. The van der Waals surface area contributed by atoms with Gasteiger partial charge < -0.3 is 14.8 Å². The molecule has 0 aromatic heterocycles. The molecule has 23 heavy (non-hydrogen) atoms. The van der Waals surface area contributed by atoms with Crippen molar-refractivity contribution in [3.63, 3.8) is 0 Å². The predicted octanol–water partition coefficient (Wildman–Crippen LogP) is 3.94. The Bertz CT molecular complexity index is 688. The lowest BCUT2D eigenvalue weighted by Gasteiger charge is -2.17. The van der Waals surface area contributed by atoms with Crippen molar-refractivity contribution in [2.45, 2.75) is 26.9 Å². The lowest BCUT2D eigenvalue weighted by molar-refractivity contribution is -0.122. The molecule has 0 aliphatic carbocycles. The third kappa shape index (κ3) is 4.45. The molecular formula is C18H20FNO3. The van der Waals surface area contributed by atoms with Gasteiger partial charge in [0.05, 0.1) is 6.61 Å². The van der Waals surface area contributed by atoms with Crippen molar-refractivity contribution in [1.82, 2.24) is 0 Å². The number of amides is 1. The predicted molar refractivity (Wildman–Crippen MR) is 87.5 cm³/mol. The summed E-state index contributed by atoms with van der Waals surface area (Å²) in [5.41, 5.74) is 0.921. The first-order valence-electron chi connectivity index (χ1n) is 7.46. The van der Waals surface area contributed by atoms with Gasteiger partial charge in [0, 0.05) is 5.69 Å². The number of para-hydroxylation sites is 2. The molecule has 0 bridgehead atoms. The smallest absolute Gasteiger partial charge is 0.265 e. The van der Waals surface area contributed by atoms with E-state index in [0.29, 0.717) is 29.4 Å². The standard InChI is InChI=1S/C18H20FNO3/c1-4-22-16-7-5-6-8-17(16)23-13(3)18(21)20-14-10-9-12(2)15(19)11-14/h5-11,13H,4H2,1-3H3,(H,20,21). The zero-order valence-corrected chi connectivity index (χ0v) is 13.4. The number of halogens is 1. The first-order chi connectivity index (χ1) is 11.0. The molecule has 122 valence electrons. The van der Waals surface area contributed by atoms with Crippen LogP contribution in [-0.4, -0.2) is 18.6 Å². The number of anilines is 1. The molecule has 4 nitrogen and oxygen atoms in total. The van der Waals surface area contributed by atoms with E-state index in [1.165, 1.54) is 6.07 Å². The minimum Gasteiger partial charge on any atom is -0.490 e. The summed E-state index contributed by atoms with van der Waals surface area (Å²) in [5.74, 6) is 0.348. The van der Waals surface area contributed by atoms with Crippen molar-refractivity contribution in [3.05, 3.63) is 53.8 Å². The molecule has 0 heterocycles. The molecule has 0 saturated heterocycles. The monoisotopic (exact) mass is 317 g/mol. The molecule has 1 unspecified atom stereocenters. The van der Waals surface area contributed by atoms with Gasteiger partial charge in [-0.3, -0.25) is 4.79 Å². The van der Waals surface area contributed by atoms with E-state index < -0.39 is 6.10 Å². The number of hydrogen-bond acceptors (Lipinski definition) is 3. The second-order valence-corrected chi connectivity index (χ2v) is 5.09. The zero-order valence-electron chi connectivity index (χ0n) is 13.4. The van der Waals surface area contributed by atoms with Crippen LogP contribution < -0.4 is 14.8 Å². The van der Waals surface area contributed by atoms with Gasteiger partial charge in [-0.05, 0) is 50.6 Å². The molecule has 0 fully saturated rings. The van der Waals surface area contributed by atoms with E-state index >= 15 is 0 Å². The first-order valence-corrected chi connectivity index (χ1v) is 7.46. The summed E-state index contributed by atoms with van der Waals surface area (Å²) in [6, 6.07) is 11.7. The van der Waals surface area contributed by atoms with Crippen LogP contribution in [0.15, 0.2) is 42.5 Å². The van der Waals surface area contributed by atoms with Crippen molar-refractivity contribution in [1.29, 1.82) is 0 Å². The van der Waals surface area contributed by atoms with Crippen LogP contribution in [0.4, 0.5) is 10.1 Å². The van der Waals surface area contributed by atoms with Gasteiger partial charge in [0.2, 0.25) is 0 Å². The summed E-state index contributed by atoms with van der Waals surface area (Å²) in [5, 5.41) is 2.64. The van der Waals surface area contributed by atoms with Crippen LogP contribution in [0.5, 0.6) is 11.5 Å². The highest BCUT2D eigenvalue weighted by molar-refractivity contribution is 5.94. The minimum absolute atomic E-state index is 0.362. The largest absolute Gasteiger partial charge is 0.490 e. The normalized spacial score (nSPS) is 11.7. The third-order valence-electron chi connectivity index (χ3n) is 3.26. The second kappa shape index (κ2) is 7.63. The Morgan fingerprint density at radius 3 is 2.57 bits per heavy atom. The maximum atomic E-state index is 13.5. The Hall–Kier alpha value is -2.56. The van der Waals surface area contributed by atoms with Crippen LogP contribution in [0.2, 0.25) is 0 Å². The Kier molecular flexibility index (Phi) is 5.57. The van der Waals surface area contributed by atoms with Gasteiger partial charge in [0.25, 0.3) is 5.91 Å².